The number of pyridine rings is 1. The van der Waals surface area contributed by atoms with E-state index in [2.05, 4.69) is 38.7 Å². The van der Waals surface area contributed by atoms with Gasteiger partial charge in [-0.15, -0.1) is 0 Å². The predicted octanol–water partition coefficient (Wildman–Crippen LogP) is 3.73. The maximum absolute atomic E-state index is 5.38. The van der Waals surface area contributed by atoms with Crippen LogP contribution in [0.4, 0.5) is 0 Å². The van der Waals surface area contributed by atoms with Gasteiger partial charge < -0.3 is 4.74 Å². The van der Waals surface area contributed by atoms with Gasteiger partial charge in [0.05, 0.1) is 12.8 Å². The van der Waals surface area contributed by atoms with Crippen molar-refractivity contribution in [1.82, 2.24) is 4.98 Å². The van der Waals surface area contributed by atoms with E-state index in [-0.39, 0.29) is 0 Å². The third-order valence-electron chi connectivity index (χ3n) is 2.85. The van der Waals surface area contributed by atoms with Crippen molar-refractivity contribution in [3.8, 4) is 5.75 Å². The van der Waals surface area contributed by atoms with Crippen LogP contribution < -0.4 is 4.74 Å². The van der Waals surface area contributed by atoms with Crippen molar-refractivity contribution in [2.75, 3.05) is 7.11 Å². The molecule has 1 aromatic heterocycles. The van der Waals surface area contributed by atoms with Gasteiger partial charge in [0.2, 0.25) is 0 Å². The standard InChI is InChI=1S/C13H21NO/c1-6-10(4)11-7-12(15-5)13(9(2)3)14-8-11/h7-10H,6H2,1-5H3. The molecule has 0 aliphatic heterocycles. The first-order chi connectivity index (χ1) is 7.10. The molecule has 1 atom stereocenters. The lowest BCUT2D eigenvalue weighted by Crippen LogP contribution is -2.01. The van der Waals surface area contributed by atoms with Crippen LogP contribution in [0.15, 0.2) is 12.3 Å². The van der Waals surface area contributed by atoms with Crippen molar-refractivity contribution in [3.63, 3.8) is 0 Å². The van der Waals surface area contributed by atoms with E-state index in [0.717, 1.165) is 17.9 Å². The Bertz CT molecular complexity index is 320. The first kappa shape index (κ1) is 12.0. The lowest BCUT2D eigenvalue weighted by molar-refractivity contribution is 0.403. The van der Waals surface area contributed by atoms with Crippen LogP contribution in [0.2, 0.25) is 0 Å². The number of hydrogen-bond donors (Lipinski definition) is 0. The molecule has 0 radical (unpaired) electrons. The monoisotopic (exact) mass is 207 g/mol. The zero-order valence-electron chi connectivity index (χ0n) is 10.4. The second-order valence-electron chi connectivity index (χ2n) is 4.32. The predicted molar refractivity (Wildman–Crippen MR) is 63.6 cm³/mol. The first-order valence-corrected chi connectivity index (χ1v) is 5.63. The van der Waals surface area contributed by atoms with Gasteiger partial charge in [0, 0.05) is 6.20 Å². The Labute approximate surface area is 92.7 Å². The number of ether oxygens (including phenoxy) is 1. The Kier molecular flexibility index (Phi) is 4.13. The maximum Gasteiger partial charge on any atom is 0.140 e. The summed E-state index contributed by atoms with van der Waals surface area (Å²) >= 11 is 0. The Morgan fingerprint density at radius 1 is 1.33 bits per heavy atom. The zero-order chi connectivity index (χ0) is 11.4. The van der Waals surface area contributed by atoms with E-state index in [0.29, 0.717) is 11.8 Å². The minimum atomic E-state index is 0.408. The number of hydrogen-bond acceptors (Lipinski definition) is 2. The smallest absolute Gasteiger partial charge is 0.140 e. The molecule has 1 rings (SSSR count). The minimum Gasteiger partial charge on any atom is -0.495 e. The number of rotatable bonds is 4. The van der Waals surface area contributed by atoms with Crippen LogP contribution in [0.25, 0.3) is 0 Å². The normalized spacial score (nSPS) is 12.9. The van der Waals surface area contributed by atoms with E-state index < -0.39 is 0 Å². The maximum atomic E-state index is 5.38. The molecule has 2 nitrogen and oxygen atoms in total. The second kappa shape index (κ2) is 5.15. The Hall–Kier alpha value is -1.05. The molecule has 15 heavy (non-hydrogen) atoms. The van der Waals surface area contributed by atoms with Crippen LogP contribution >= 0.6 is 0 Å². The molecule has 0 aromatic carbocycles. The highest BCUT2D eigenvalue weighted by Gasteiger charge is 2.12. The average Bonchev–Trinajstić information content (AvgIpc) is 2.26. The van der Waals surface area contributed by atoms with Crippen molar-refractivity contribution in [2.24, 2.45) is 0 Å². The molecular weight excluding hydrogens is 186 g/mol. The van der Waals surface area contributed by atoms with Gasteiger partial charge >= 0.3 is 0 Å². The fraction of sp³-hybridized carbons (Fsp3) is 0.615. The van der Waals surface area contributed by atoms with Gasteiger partial charge in [-0.2, -0.15) is 0 Å². The molecule has 1 heterocycles. The quantitative estimate of drug-likeness (QED) is 0.750. The molecule has 0 saturated heterocycles. The Morgan fingerprint density at radius 2 is 2.00 bits per heavy atom. The molecule has 1 unspecified atom stereocenters. The van der Waals surface area contributed by atoms with E-state index in [1.54, 1.807) is 7.11 Å². The molecular formula is C13H21NO. The third-order valence-corrected chi connectivity index (χ3v) is 2.85. The molecule has 0 spiro atoms. The minimum absolute atomic E-state index is 0.408. The van der Waals surface area contributed by atoms with E-state index in [4.69, 9.17) is 4.74 Å². The summed E-state index contributed by atoms with van der Waals surface area (Å²) in [6.07, 6.45) is 3.11. The number of nitrogens with zero attached hydrogens (tertiary/aromatic N) is 1. The van der Waals surface area contributed by atoms with E-state index >= 15 is 0 Å². The summed E-state index contributed by atoms with van der Waals surface area (Å²) in [5.41, 5.74) is 2.31. The SMILES string of the molecule is CCC(C)c1cnc(C(C)C)c(OC)c1. The lowest BCUT2D eigenvalue weighted by Gasteiger charge is -2.14. The average molecular weight is 207 g/mol. The topological polar surface area (TPSA) is 22.1 Å². The molecule has 2 heteroatoms. The van der Waals surface area contributed by atoms with Crippen LogP contribution in [-0.2, 0) is 0 Å². The van der Waals surface area contributed by atoms with Crippen molar-refractivity contribution in [2.45, 2.75) is 46.0 Å². The van der Waals surface area contributed by atoms with Gasteiger partial charge in [0.15, 0.2) is 0 Å². The molecule has 0 aliphatic rings. The van der Waals surface area contributed by atoms with Crippen molar-refractivity contribution < 1.29 is 4.74 Å². The van der Waals surface area contributed by atoms with Crippen LogP contribution in [0.5, 0.6) is 5.75 Å². The molecule has 0 bridgehead atoms. The summed E-state index contributed by atoms with van der Waals surface area (Å²) < 4.78 is 5.38. The first-order valence-electron chi connectivity index (χ1n) is 5.63. The van der Waals surface area contributed by atoms with Gasteiger partial charge in [-0.05, 0) is 29.9 Å². The fourth-order valence-electron chi connectivity index (χ4n) is 1.57. The van der Waals surface area contributed by atoms with Crippen LogP contribution in [0.3, 0.4) is 0 Å². The van der Waals surface area contributed by atoms with Crippen LogP contribution in [0.1, 0.15) is 57.2 Å². The molecule has 0 saturated carbocycles. The van der Waals surface area contributed by atoms with Crippen molar-refractivity contribution >= 4 is 0 Å². The number of methoxy groups -OCH3 is 1. The summed E-state index contributed by atoms with van der Waals surface area (Å²) in [6.45, 7) is 8.67. The van der Waals surface area contributed by atoms with Gasteiger partial charge in [-0.3, -0.25) is 4.98 Å². The fourth-order valence-corrected chi connectivity index (χ4v) is 1.57. The molecule has 1 aromatic rings. The van der Waals surface area contributed by atoms with Crippen molar-refractivity contribution in [3.05, 3.63) is 23.5 Å². The summed E-state index contributed by atoms with van der Waals surface area (Å²) in [5.74, 6) is 1.88. The van der Waals surface area contributed by atoms with Crippen LogP contribution in [-0.4, -0.2) is 12.1 Å². The Balaban J connectivity index is 3.07. The molecule has 0 amide bonds. The molecule has 0 N–H and O–H groups in total. The second-order valence-corrected chi connectivity index (χ2v) is 4.32. The summed E-state index contributed by atoms with van der Waals surface area (Å²) in [5, 5.41) is 0. The molecule has 0 aliphatic carbocycles. The Morgan fingerprint density at radius 3 is 2.47 bits per heavy atom. The number of aromatic nitrogens is 1. The van der Waals surface area contributed by atoms with Crippen molar-refractivity contribution in [1.29, 1.82) is 0 Å². The molecule has 0 fully saturated rings. The van der Waals surface area contributed by atoms with E-state index in [9.17, 15) is 0 Å². The summed E-state index contributed by atoms with van der Waals surface area (Å²) in [4.78, 5) is 4.49. The van der Waals surface area contributed by atoms with E-state index in [1.165, 1.54) is 5.56 Å². The van der Waals surface area contributed by atoms with Gasteiger partial charge in [0.25, 0.3) is 0 Å². The molecule has 84 valence electrons. The highest BCUT2D eigenvalue weighted by molar-refractivity contribution is 5.34. The van der Waals surface area contributed by atoms with Gasteiger partial charge in [-0.1, -0.05) is 27.7 Å². The summed E-state index contributed by atoms with van der Waals surface area (Å²) in [7, 11) is 1.71. The summed E-state index contributed by atoms with van der Waals surface area (Å²) in [6, 6.07) is 2.12. The van der Waals surface area contributed by atoms with Crippen LogP contribution in [0, 0.1) is 0 Å². The van der Waals surface area contributed by atoms with Gasteiger partial charge in [0.1, 0.15) is 5.75 Å². The largest absolute Gasteiger partial charge is 0.495 e. The zero-order valence-corrected chi connectivity index (χ0v) is 10.4. The lowest BCUT2D eigenvalue weighted by atomic mass is 9.98. The highest BCUT2D eigenvalue weighted by atomic mass is 16.5. The van der Waals surface area contributed by atoms with Gasteiger partial charge in [-0.25, -0.2) is 0 Å². The third kappa shape index (κ3) is 2.71. The highest BCUT2D eigenvalue weighted by Crippen LogP contribution is 2.28. The van der Waals surface area contributed by atoms with E-state index in [1.807, 2.05) is 6.20 Å².